The first-order valence-electron chi connectivity index (χ1n) is 6.65. The monoisotopic (exact) mass is 309 g/mol. The molecule has 0 saturated heterocycles. The summed E-state index contributed by atoms with van der Waals surface area (Å²) in [5, 5.41) is 4.06. The first-order valence-corrected chi connectivity index (χ1v) is 6.65. The summed E-state index contributed by atoms with van der Waals surface area (Å²) in [4.78, 5) is 12.9. The number of benzene rings is 1. The van der Waals surface area contributed by atoms with Gasteiger partial charge in [0.25, 0.3) is 0 Å². The molecule has 0 radical (unpaired) electrons. The molecule has 0 spiro atoms. The second-order valence-electron chi connectivity index (χ2n) is 4.67. The number of carbonyl (C=O) groups excluding carboxylic acids is 1. The van der Waals surface area contributed by atoms with Crippen LogP contribution in [0.1, 0.15) is 12.2 Å². The summed E-state index contributed by atoms with van der Waals surface area (Å²) in [6.07, 6.45) is 1.58. The van der Waals surface area contributed by atoms with Gasteiger partial charge in [0, 0.05) is 31.6 Å². The van der Waals surface area contributed by atoms with Crippen LogP contribution >= 0.6 is 12.4 Å². The number of amides is 1. The molecule has 0 atom stereocenters. The average Bonchev–Trinajstić information content (AvgIpc) is 2.96. The molecule has 1 heterocycles. The largest absolute Gasteiger partial charge is 0.361 e. The SMILES string of the molecule is CN(CCCc1cc(-c2ccccc2)no1)C(=O)CN.Cl. The van der Waals surface area contributed by atoms with Gasteiger partial charge in [-0.15, -0.1) is 12.4 Å². The third-order valence-corrected chi connectivity index (χ3v) is 3.15. The van der Waals surface area contributed by atoms with E-state index in [2.05, 4.69) is 5.16 Å². The Hall–Kier alpha value is -1.85. The van der Waals surface area contributed by atoms with Crippen molar-refractivity contribution in [3.8, 4) is 11.3 Å². The lowest BCUT2D eigenvalue weighted by Gasteiger charge is -2.15. The van der Waals surface area contributed by atoms with Gasteiger partial charge in [-0.1, -0.05) is 35.5 Å². The van der Waals surface area contributed by atoms with Gasteiger partial charge in [0.2, 0.25) is 5.91 Å². The first-order chi connectivity index (χ1) is 9.70. The summed E-state index contributed by atoms with van der Waals surface area (Å²) < 4.78 is 5.31. The standard InChI is InChI=1S/C15H19N3O2.ClH/c1-18(15(19)11-16)9-5-8-13-10-14(17-20-13)12-6-3-2-4-7-12;/h2-4,6-7,10H,5,8-9,11,16H2,1H3;1H. The molecule has 1 aromatic heterocycles. The Morgan fingerprint density at radius 1 is 1.33 bits per heavy atom. The molecule has 2 N–H and O–H groups in total. The van der Waals surface area contributed by atoms with Gasteiger partial charge in [-0.2, -0.15) is 0 Å². The highest BCUT2D eigenvalue weighted by atomic mass is 35.5. The van der Waals surface area contributed by atoms with Crippen LogP contribution in [0.5, 0.6) is 0 Å². The summed E-state index contributed by atoms with van der Waals surface area (Å²) in [5.41, 5.74) is 7.18. The topological polar surface area (TPSA) is 72.4 Å². The Kier molecular flexibility index (Phi) is 6.91. The molecule has 5 nitrogen and oxygen atoms in total. The molecule has 114 valence electrons. The number of likely N-dealkylation sites (N-methyl/N-ethyl adjacent to an activating group) is 1. The first kappa shape index (κ1) is 17.2. The minimum absolute atomic E-state index is 0. The van der Waals surface area contributed by atoms with E-state index in [1.165, 1.54) is 0 Å². The molecule has 0 aliphatic carbocycles. The number of nitrogens with two attached hydrogens (primary N) is 1. The van der Waals surface area contributed by atoms with Crippen molar-refractivity contribution >= 4 is 18.3 Å². The van der Waals surface area contributed by atoms with Crippen LogP contribution < -0.4 is 5.73 Å². The van der Waals surface area contributed by atoms with Crippen molar-refractivity contribution < 1.29 is 9.32 Å². The summed E-state index contributed by atoms with van der Waals surface area (Å²) in [7, 11) is 1.75. The van der Waals surface area contributed by atoms with Crippen LogP contribution in [-0.4, -0.2) is 36.1 Å². The van der Waals surface area contributed by atoms with Crippen molar-refractivity contribution in [2.45, 2.75) is 12.8 Å². The molecule has 1 aromatic carbocycles. The van der Waals surface area contributed by atoms with Gasteiger partial charge >= 0.3 is 0 Å². The van der Waals surface area contributed by atoms with Crippen molar-refractivity contribution in [3.05, 3.63) is 42.2 Å². The summed E-state index contributed by atoms with van der Waals surface area (Å²) in [5.74, 6) is 0.782. The molecule has 0 saturated carbocycles. The Morgan fingerprint density at radius 3 is 2.71 bits per heavy atom. The number of rotatable bonds is 6. The number of hydrogen-bond donors (Lipinski definition) is 1. The maximum atomic E-state index is 11.3. The Balaban J connectivity index is 0.00000220. The Labute approximate surface area is 130 Å². The van der Waals surface area contributed by atoms with E-state index >= 15 is 0 Å². The number of aromatic nitrogens is 1. The highest BCUT2D eigenvalue weighted by molar-refractivity contribution is 5.85. The van der Waals surface area contributed by atoms with E-state index in [1.807, 2.05) is 36.4 Å². The van der Waals surface area contributed by atoms with E-state index in [0.717, 1.165) is 29.9 Å². The third-order valence-electron chi connectivity index (χ3n) is 3.15. The summed E-state index contributed by atoms with van der Waals surface area (Å²) in [6, 6.07) is 11.8. The predicted molar refractivity (Wildman–Crippen MR) is 84.2 cm³/mol. The highest BCUT2D eigenvalue weighted by Gasteiger charge is 2.08. The number of nitrogens with zero attached hydrogens (tertiary/aromatic N) is 2. The van der Waals surface area contributed by atoms with Crippen molar-refractivity contribution in [2.75, 3.05) is 20.1 Å². The van der Waals surface area contributed by atoms with E-state index in [1.54, 1.807) is 11.9 Å². The van der Waals surface area contributed by atoms with E-state index in [-0.39, 0.29) is 24.9 Å². The minimum atomic E-state index is -0.0486. The van der Waals surface area contributed by atoms with E-state index in [0.29, 0.717) is 6.54 Å². The fourth-order valence-corrected chi connectivity index (χ4v) is 1.95. The number of halogens is 1. The van der Waals surface area contributed by atoms with Gasteiger partial charge in [0.05, 0.1) is 6.54 Å². The van der Waals surface area contributed by atoms with Crippen molar-refractivity contribution in [3.63, 3.8) is 0 Å². The van der Waals surface area contributed by atoms with Crippen molar-refractivity contribution in [1.29, 1.82) is 0 Å². The van der Waals surface area contributed by atoms with Crippen molar-refractivity contribution in [2.24, 2.45) is 5.73 Å². The zero-order valence-electron chi connectivity index (χ0n) is 12.0. The Bertz CT molecular complexity index is 557. The summed E-state index contributed by atoms with van der Waals surface area (Å²) in [6.45, 7) is 0.717. The van der Waals surface area contributed by atoms with Crippen molar-refractivity contribution in [1.82, 2.24) is 10.1 Å². The highest BCUT2D eigenvalue weighted by Crippen LogP contribution is 2.19. The second kappa shape index (κ2) is 8.44. The van der Waals surface area contributed by atoms with E-state index < -0.39 is 0 Å². The second-order valence-corrected chi connectivity index (χ2v) is 4.67. The third kappa shape index (κ3) is 4.88. The fraction of sp³-hybridized carbons (Fsp3) is 0.333. The quantitative estimate of drug-likeness (QED) is 0.887. The van der Waals surface area contributed by atoms with E-state index in [4.69, 9.17) is 10.3 Å². The maximum Gasteiger partial charge on any atom is 0.236 e. The number of aryl methyl sites for hydroxylation is 1. The smallest absolute Gasteiger partial charge is 0.236 e. The Morgan fingerprint density at radius 2 is 2.05 bits per heavy atom. The van der Waals surface area contributed by atoms with E-state index in [9.17, 15) is 4.79 Å². The van der Waals surface area contributed by atoms with Crippen LogP contribution in [0, 0.1) is 0 Å². The van der Waals surface area contributed by atoms with Crippen LogP contribution in [-0.2, 0) is 11.2 Å². The molecule has 0 fully saturated rings. The van der Waals surface area contributed by atoms with Gasteiger partial charge in [-0.3, -0.25) is 4.79 Å². The van der Waals surface area contributed by atoms with Gasteiger partial charge in [0.15, 0.2) is 0 Å². The van der Waals surface area contributed by atoms with Crippen LogP contribution in [0.25, 0.3) is 11.3 Å². The van der Waals surface area contributed by atoms with Crippen LogP contribution in [0.2, 0.25) is 0 Å². The predicted octanol–water partition coefficient (Wildman–Crippen LogP) is 2.11. The lowest BCUT2D eigenvalue weighted by molar-refractivity contribution is -0.128. The van der Waals surface area contributed by atoms with Gasteiger partial charge in [-0.25, -0.2) is 0 Å². The molecule has 0 bridgehead atoms. The molecule has 21 heavy (non-hydrogen) atoms. The minimum Gasteiger partial charge on any atom is -0.361 e. The molecule has 2 rings (SSSR count). The molecule has 0 aliphatic heterocycles. The molecular formula is C15H20ClN3O2. The van der Waals surface area contributed by atoms with Crippen LogP contribution in [0.4, 0.5) is 0 Å². The molecular weight excluding hydrogens is 290 g/mol. The summed E-state index contributed by atoms with van der Waals surface area (Å²) >= 11 is 0. The fourth-order valence-electron chi connectivity index (χ4n) is 1.95. The zero-order chi connectivity index (χ0) is 14.4. The molecule has 0 unspecified atom stereocenters. The van der Waals surface area contributed by atoms with Crippen LogP contribution in [0.3, 0.4) is 0 Å². The lowest BCUT2D eigenvalue weighted by Crippen LogP contribution is -2.33. The molecule has 6 heteroatoms. The maximum absolute atomic E-state index is 11.3. The average molecular weight is 310 g/mol. The zero-order valence-corrected chi connectivity index (χ0v) is 12.8. The van der Waals surface area contributed by atoms with Gasteiger partial charge < -0.3 is 15.2 Å². The lowest BCUT2D eigenvalue weighted by atomic mass is 10.1. The van der Waals surface area contributed by atoms with Crippen LogP contribution in [0.15, 0.2) is 40.9 Å². The molecule has 1 amide bonds. The molecule has 0 aliphatic rings. The number of carbonyl (C=O) groups is 1. The van der Waals surface area contributed by atoms with Gasteiger partial charge in [-0.05, 0) is 6.42 Å². The molecule has 2 aromatic rings. The van der Waals surface area contributed by atoms with Gasteiger partial charge in [0.1, 0.15) is 11.5 Å². The normalized spacial score (nSPS) is 10.0. The number of hydrogen-bond acceptors (Lipinski definition) is 4.